The quantitative estimate of drug-likeness (QED) is 0.941. The first-order chi connectivity index (χ1) is 10.6. The van der Waals surface area contributed by atoms with Crippen molar-refractivity contribution in [2.45, 2.75) is 26.7 Å². The zero-order valence-corrected chi connectivity index (χ0v) is 13.8. The number of furan rings is 1. The summed E-state index contributed by atoms with van der Waals surface area (Å²) in [4.78, 5) is 18.9. The largest absolute Gasteiger partial charge is 0.466 e. The van der Waals surface area contributed by atoms with Crippen molar-refractivity contribution in [1.82, 2.24) is 10.3 Å². The highest BCUT2D eigenvalue weighted by Gasteiger charge is 2.22. The number of aryl methyl sites for hydroxylation is 2. The van der Waals surface area contributed by atoms with Crippen molar-refractivity contribution in [3.8, 4) is 0 Å². The van der Waals surface area contributed by atoms with Gasteiger partial charge in [-0.3, -0.25) is 4.79 Å². The number of thiazole rings is 1. The maximum absolute atomic E-state index is 12.2. The summed E-state index contributed by atoms with van der Waals surface area (Å²) in [6.45, 7) is 6.39. The lowest BCUT2D eigenvalue weighted by Crippen LogP contribution is -2.41. The lowest BCUT2D eigenvalue weighted by atomic mass is 9.98. The van der Waals surface area contributed by atoms with Gasteiger partial charge < -0.3 is 14.6 Å². The van der Waals surface area contributed by atoms with Crippen LogP contribution < -0.4 is 10.2 Å². The molecule has 2 aromatic heterocycles. The third kappa shape index (κ3) is 3.32. The Morgan fingerprint density at radius 1 is 1.55 bits per heavy atom. The highest BCUT2D eigenvalue weighted by Crippen LogP contribution is 2.24. The van der Waals surface area contributed by atoms with E-state index >= 15 is 0 Å². The average Bonchev–Trinajstić information content (AvgIpc) is 3.15. The van der Waals surface area contributed by atoms with E-state index < -0.39 is 0 Å². The number of amides is 1. The van der Waals surface area contributed by atoms with E-state index in [1.54, 1.807) is 17.4 Å². The van der Waals surface area contributed by atoms with Crippen LogP contribution in [0.25, 0.3) is 0 Å². The third-order valence-electron chi connectivity index (χ3n) is 4.05. The predicted octanol–water partition coefficient (Wildman–Crippen LogP) is 3.00. The van der Waals surface area contributed by atoms with E-state index in [-0.39, 0.29) is 5.91 Å². The molecule has 118 valence electrons. The number of nitrogens with one attached hydrogen (secondary N) is 1. The molecule has 5 nitrogen and oxygen atoms in total. The van der Waals surface area contributed by atoms with Gasteiger partial charge in [-0.15, -0.1) is 11.3 Å². The number of rotatable bonds is 4. The van der Waals surface area contributed by atoms with E-state index in [2.05, 4.69) is 15.2 Å². The molecule has 0 spiro atoms. The predicted molar refractivity (Wildman–Crippen MR) is 87.6 cm³/mol. The van der Waals surface area contributed by atoms with Gasteiger partial charge in [-0.25, -0.2) is 4.98 Å². The Kier molecular flexibility index (Phi) is 4.47. The minimum atomic E-state index is -0.0410. The summed E-state index contributed by atoms with van der Waals surface area (Å²) in [6, 6.07) is 1.80. The Balaban J connectivity index is 1.55. The summed E-state index contributed by atoms with van der Waals surface area (Å²) in [5.74, 6) is 1.88. The van der Waals surface area contributed by atoms with Crippen LogP contribution in [0, 0.1) is 19.8 Å². The second kappa shape index (κ2) is 6.52. The molecule has 0 radical (unpaired) electrons. The second-order valence-corrected chi connectivity index (χ2v) is 6.68. The van der Waals surface area contributed by atoms with Gasteiger partial charge in [0, 0.05) is 31.2 Å². The van der Waals surface area contributed by atoms with Crippen molar-refractivity contribution in [2.24, 2.45) is 5.92 Å². The number of carbonyl (C=O) groups excluding carboxylic acids is 1. The van der Waals surface area contributed by atoms with Gasteiger partial charge in [0.2, 0.25) is 0 Å². The van der Waals surface area contributed by atoms with Crippen LogP contribution in [0.15, 0.2) is 22.1 Å². The summed E-state index contributed by atoms with van der Waals surface area (Å²) in [6.07, 6.45) is 4.13. The number of hydrogen-bond acceptors (Lipinski definition) is 5. The molecule has 1 aliphatic heterocycles. The maximum Gasteiger partial charge on any atom is 0.254 e. The number of piperidine rings is 1. The normalized spacial score (nSPS) is 18.5. The van der Waals surface area contributed by atoms with Gasteiger partial charge in [0.05, 0.1) is 5.56 Å². The first-order valence-corrected chi connectivity index (χ1v) is 8.51. The molecule has 1 saturated heterocycles. The van der Waals surface area contributed by atoms with E-state index in [0.717, 1.165) is 36.8 Å². The highest BCUT2D eigenvalue weighted by atomic mass is 32.1. The van der Waals surface area contributed by atoms with E-state index in [9.17, 15) is 4.79 Å². The standard InChI is InChI=1S/C16H21N3O2S/c1-11-8-14(12(2)21-11)15(20)18-9-13-4-3-6-19(10-13)16-17-5-7-22-16/h5,7-8,13H,3-4,6,9-10H2,1-2H3,(H,18,20). The first-order valence-electron chi connectivity index (χ1n) is 7.63. The molecule has 3 heterocycles. The average molecular weight is 319 g/mol. The number of hydrogen-bond donors (Lipinski definition) is 1. The SMILES string of the molecule is Cc1cc(C(=O)NCC2CCCN(c3nccs3)C2)c(C)o1. The van der Waals surface area contributed by atoms with Crippen molar-refractivity contribution in [3.63, 3.8) is 0 Å². The van der Waals surface area contributed by atoms with Gasteiger partial charge in [-0.2, -0.15) is 0 Å². The lowest BCUT2D eigenvalue weighted by Gasteiger charge is -2.32. The molecule has 0 bridgehead atoms. The van der Waals surface area contributed by atoms with Gasteiger partial charge in [0.1, 0.15) is 11.5 Å². The maximum atomic E-state index is 12.2. The highest BCUT2D eigenvalue weighted by molar-refractivity contribution is 7.13. The fourth-order valence-corrected chi connectivity index (χ4v) is 3.65. The molecule has 0 saturated carbocycles. The molecule has 22 heavy (non-hydrogen) atoms. The molecule has 1 amide bonds. The molecule has 1 N–H and O–H groups in total. The summed E-state index contributed by atoms with van der Waals surface area (Å²) in [5.41, 5.74) is 0.644. The number of anilines is 1. The van der Waals surface area contributed by atoms with Crippen LogP contribution in [0.4, 0.5) is 5.13 Å². The molecular formula is C16H21N3O2S. The Hall–Kier alpha value is -1.82. The minimum Gasteiger partial charge on any atom is -0.466 e. The molecule has 6 heteroatoms. The van der Waals surface area contributed by atoms with Gasteiger partial charge in [0.25, 0.3) is 5.91 Å². The lowest BCUT2D eigenvalue weighted by molar-refractivity contribution is 0.0944. The van der Waals surface area contributed by atoms with E-state index in [0.29, 0.717) is 23.8 Å². The minimum absolute atomic E-state index is 0.0410. The van der Waals surface area contributed by atoms with Crippen molar-refractivity contribution in [1.29, 1.82) is 0 Å². The molecular weight excluding hydrogens is 298 g/mol. The zero-order valence-electron chi connectivity index (χ0n) is 13.0. The summed E-state index contributed by atoms with van der Waals surface area (Å²) >= 11 is 1.67. The Morgan fingerprint density at radius 2 is 2.41 bits per heavy atom. The molecule has 0 aromatic carbocycles. The molecule has 1 fully saturated rings. The number of nitrogens with zero attached hydrogens (tertiary/aromatic N) is 2. The molecule has 1 unspecified atom stereocenters. The molecule has 3 rings (SSSR count). The Morgan fingerprint density at radius 3 is 3.09 bits per heavy atom. The van der Waals surface area contributed by atoms with Crippen molar-refractivity contribution >= 4 is 22.4 Å². The monoisotopic (exact) mass is 319 g/mol. The second-order valence-electron chi connectivity index (χ2n) is 5.81. The topological polar surface area (TPSA) is 58.4 Å². The third-order valence-corrected chi connectivity index (χ3v) is 4.88. The fraction of sp³-hybridized carbons (Fsp3) is 0.500. The molecule has 1 aliphatic rings. The van der Waals surface area contributed by atoms with Crippen LogP contribution in [0.3, 0.4) is 0 Å². The summed E-state index contributed by atoms with van der Waals surface area (Å²) in [5, 5.41) is 6.13. The van der Waals surface area contributed by atoms with Crippen molar-refractivity contribution in [2.75, 3.05) is 24.5 Å². The van der Waals surface area contributed by atoms with E-state index in [4.69, 9.17) is 4.42 Å². The number of aromatic nitrogens is 1. The smallest absolute Gasteiger partial charge is 0.254 e. The van der Waals surface area contributed by atoms with Crippen LogP contribution in [0.2, 0.25) is 0 Å². The summed E-state index contributed by atoms with van der Waals surface area (Å²) < 4.78 is 5.42. The van der Waals surface area contributed by atoms with Gasteiger partial charge in [-0.05, 0) is 38.7 Å². The molecule has 0 aliphatic carbocycles. The van der Waals surface area contributed by atoms with Gasteiger partial charge in [0.15, 0.2) is 5.13 Å². The van der Waals surface area contributed by atoms with E-state index in [1.807, 2.05) is 25.4 Å². The van der Waals surface area contributed by atoms with Crippen LogP contribution in [0.5, 0.6) is 0 Å². The van der Waals surface area contributed by atoms with Gasteiger partial charge >= 0.3 is 0 Å². The Bertz CT molecular complexity index is 636. The zero-order chi connectivity index (χ0) is 15.5. The van der Waals surface area contributed by atoms with Crippen LogP contribution in [0.1, 0.15) is 34.7 Å². The fourth-order valence-electron chi connectivity index (χ4n) is 2.97. The van der Waals surface area contributed by atoms with Crippen LogP contribution in [-0.2, 0) is 0 Å². The molecule has 1 atom stereocenters. The molecule has 2 aromatic rings. The van der Waals surface area contributed by atoms with E-state index in [1.165, 1.54) is 0 Å². The van der Waals surface area contributed by atoms with Crippen LogP contribution >= 0.6 is 11.3 Å². The Labute approximate surface area is 134 Å². The number of carbonyl (C=O) groups is 1. The summed E-state index contributed by atoms with van der Waals surface area (Å²) in [7, 11) is 0. The van der Waals surface area contributed by atoms with Crippen LogP contribution in [-0.4, -0.2) is 30.5 Å². The van der Waals surface area contributed by atoms with Crippen molar-refractivity contribution in [3.05, 3.63) is 34.7 Å². The van der Waals surface area contributed by atoms with Crippen molar-refractivity contribution < 1.29 is 9.21 Å². The van der Waals surface area contributed by atoms with Gasteiger partial charge in [-0.1, -0.05) is 0 Å². The first kappa shape index (κ1) is 15.1.